The smallest absolute Gasteiger partial charge is 0.134 e. The van der Waals surface area contributed by atoms with Gasteiger partial charge in [0.25, 0.3) is 0 Å². The quantitative estimate of drug-likeness (QED) is 0.733. The van der Waals surface area contributed by atoms with Gasteiger partial charge in [-0.3, -0.25) is 0 Å². The average molecular weight is 264 g/mol. The van der Waals surface area contributed by atoms with Gasteiger partial charge in [-0.1, -0.05) is 50.0 Å². The maximum absolute atomic E-state index is 5.98. The van der Waals surface area contributed by atoms with Gasteiger partial charge in [0.05, 0.1) is 0 Å². The van der Waals surface area contributed by atoms with Gasteiger partial charge in [0.1, 0.15) is 10.3 Å². The first-order chi connectivity index (χ1) is 7.00. The Kier molecular flexibility index (Phi) is 5.24. The van der Waals surface area contributed by atoms with Crippen molar-refractivity contribution in [3.8, 4) is 0 Å². The average Bonchev–Trinajstić information content (AvgIpc) is 2.15. The SMILES string of the molecule is CC(C)C(C)SCc1ccc(Cl)nc1Cl. The maximum Gasteiger partial charge on any atom is 0.134 e. The zero-order valence-electron chi connectivity index (χ0n) is 9.13. The predicted molar refractivity (Wildman–Crippen MR) is 69.9 cm³/mol. The molecule has 15 heavy (non-hydrogen) atoms. The molecule has 0 aliphatic carbocycles. The van der Waals surface area contributed by atoms with Crippen LogP contribution >= 0.6 is 35.0 Å². The lowest BCUT2D eigenvalue weighted by Crippen LogP contribution is -2.06. The third-order valence-corrected chi connectivity index (χ3v) is 4.42. The van der Waals surface area contributed by atoms with Crippen LogP contribution in [0, 0.1) is 5.92 Å². The Morgan fingerprint density at radius 2 is 1.93 bits per heavy atom. The van der Waals surface area contributed by atoms with E-state index in [0.29, 0.717) is 21.5 Å². The molecule has 0 fully saturated rings. The van der Waals surface area contributed by atoms with Gasteiger partial charge in [-0.2, -0.15) is 11.8 Å². The Morgan fingerprint density at radius 1 is 1.27 bits per heavy atom. The third kappa shape index (κ3) is 4.21. The number of rotatable bonds is 4. The number of hydrogen-bond donors (Lipinski definition) is 0. The van der Waals surface area contributed by atoms with Crippen LogP contribution in [0.15, 0.2) is 12.1 Å². The zero-order valence-corrected chi connectivity index (χ0v) is 11.5. The van der Waals surface area contributed by atoms with E-state index in [0.717, 1.165) is 11.3 Å². The first-order valence-corrected chi connectivity index (χ1v) is 6.73. The van der Waals surface area contributed by atoms with Crippen LogP contribution in [0.5, 0.6) is 0 Å². The van der Waals surface area contributed by atoms with E-state index >= 15 is 0 Å². The second-order valence-corrected chi connectivity index (χ2v) is 5.95. The molecule has 1 aromatic rings. The van der Waals surface area contributed by atoms with Crippen LogP contribution in [0.4, 0.5) is 0 Å². The van der Waals surface area contributed by atoms with Crippen LogP contribution in [0.25, 0.3) is 0 Å². The van der Waals surface area contributed by atoms with E-state index in [-0.39, 0.29) is 0 Å². The van der Waals surface area contributed by atoms with E-state index in [1.54, 1.807) is 6.07 Å². The van der Waals surface area contributed by atoms with E-state index in [1.165, 1.54) is 0 Å². The van der Waals surface area contributed by atoms with E-state index in [1.807, 2.05) is 17.8 Å². The van der Waals surface area contributed by atoms with Crippen molar-refractivity contribution in [2.24, 2.45) is 5.92 Å². The normalized spacial score (nSPS) is 13.2. The number of thioether (sulfide) groups is 1. The summed E-state index contributed by atoms with van der Waals surface area (Å²) in [5.74, 6) is 1.57. The van der Waals surface area contributed by atoms with E-state index in [4.69, 9.17) is 23.2 Å². The molecule has 0 bridgehead atoms. The second-order valence-electron chi connectivity index (χ2n) is 3.84. The summed E-state index contributed by atoms with van der Waals surface area (Å²) >= 11 is 13.6. The predicted octanol–water partition coefficient (Wildman–Crippen LogP) is 4.67. The summed E-state index contributed by atoms with van der Waals surface area (Å²) in [5.41, 5.74) is 1.05. The fourth-order valence-electron chi connectivity index (χ4n) is 0.962. The summed E-state index contributed by atoms with van der Waals surface area (Å²) in [6.45, 7) is 6.67. The summed E-state index contributed by atoms with van der Waals surface area (Å²) in [6.07, 6.45) is 0. The van der Waals surface area contributed by atoms with Crippen molar-refractivity contribution in [1.29, 1.82) is 0 Å². The molecule has 0 radical (unpaired) electrons. The topological polar surface area (TPSA) is 12.9 Å². The molecule has 0 amide bonds. The largest absolute Gasteiger partial charge is 0.224 e. The monoisotopic (exact) mass is 263 g/mol. The molecule has 1 nitrogen and oxygen atoms in total. The summed E-state index contributed by atoms with van der Waals surface area (Å²) in [4.78, 5) is 4.01. The number of hydrogen-bond acceptors (Lipinski definition) is 2. The van der Waals surface area contributed by atoms with Gasteiger partial charge in [-0.15, -0.1) is 0 Å². The summed E-state index contributed by atoms with van der Waals surface area (Å²) in [7, 11) is 0. The van der Waals surface area contributed by atoms with Crippen molar-refractivity contribution in [2.75, 3.05) is 0 Å². The molecule has 0 aliphatic heterocycles. The fraction of sp³-hybridized carbons (Fsp3) is 0.545. The van der Waals surface area contributed by atoms with Gasteiger partial charge in [-0.25, -0.2) is 4.98 Å². The lowest BCUT2D eigenvalue weighted by atomic mass is 10.2. The maximum atomic E-state index is 5.98. The number of nitrogens with zero attached hydrogens (tertiary/aromatic N) is 1. The first-order valence-electron chi connectivity index (χ1n) is 4.93. The lowest BCUT2D eigenvalue weighted by Gasteiger charge is -2.15. The highest BCUT2D eigenvalue weighted by atomic mass is 35.5. The Hall–Kier alpha value is 0.0800. The molecule has 84 valence electrons. The Balaban J connectivity index is 2.58. The van der Waals surface area contributed by atoms with Gasteiger partial charge in [0, 0.05) is 11.0 Å². The van der Waals surface area contributed by atoms with Crippen LogP contribution in [0.3, 0.4) is 0 Å². The molecule has 1 aromatic heterocycles. The fourth-order valence-corrected chi connectivity index (χ4v) is 2.51. The number of pyridine rings is 1. The summed E-state index contributed by atoms with van der Waals surface area (Å²) in [5, 5.41) is 1.59. The first kappa shape index (κ1) is 13.1. The van der Waals surface area contributed by atoms with Crippen LogP contribution < -0.4 is 0 Å². The Morgan fingerprint density at radius 3 is 2.47 bits per heavy atom. The molecule has 0 saturated heterocycles. The van der Waals surface area contributed by atoms with Crippen LogP contribution in [0.1, 0.15) is 26.3 Å². The van der Waals surface area contributed by atoms with Gasteiger partial charge in [0.15, 0.2) is 0 Å². The minimum absolute atomic E-state index is 0.450. The highest BCUT2D eigenvalue weighted by Crippen LogP contribution is 2.26. The van der Waals surface area contributed by atoms with Gasteiger partial charge in [0.2, 0.25) is 0 Å². The van der Waals surface area contributed by atoms with Crippen molar-refractivity contribution in [2.45, 2.75) is 31.8 Å². The Bertz CT molecular complexity index is 328. The van der Waals surface area contributed by atoms with Gasteiger partial charge >= 0.3 is 0 Å². The van der Waals surface area contributed by atoms with Crippen molar-refractivity contribution in [1.82, 2.24) is 4.98 Å². The molecule has 0 saturated carbocycles. The third-order valence-electron chi connectivity index (χ3n) is 2.33. The summed E-state index contributed by atoms with van der Waals surface area (Å²) < 4.78 is 0. The molecule has 1 rings (SSSR count). The van der Waals surface area contributed by atoms with Crippen LogP contribution in [-0.4, -0.2) is 10.2 Å². The van der Waals surface area contributed by atoms with Crippen molar-refractivity contribution in [3.05, 3.63) is 28.0 Å². The molecule has 1 heterocycles. The second kappa shape index (κ2) is 5.97. The molecule has 0 spiro atoms. The molecular formula is C11H15Cl2NS. The highest BCUT2D eigenvalue weighted by molar-refractivity contribution is 7.99. The standard InChI is InChI=1S/C11H15Cl2NS/c1-7(2)8(3)15-6-9-4-5-10(12)14-11(9)13/h4-5,7-8H,6H2,1-3H3. The lowest BCUT2D eigenvalue weighted by molar-refractivity contribution is 0.642. The van der Waals surface area contributed by atoms with Gasteiger partial charge < -0.3 is 0 Å². The molecule has 1 atom stereocenters. The molecule has 0 aliphatic rings. The van der Waals surface area contributed by atoms with Crippen LogP contribution in [-0.2, 0) is 5.75 Å². The summed E-state index contributed by atoms with van der Waals surface area (Å²) in [6, 6.07) is 3.72. The van der Waals surface area contributed by atoms with E-state index in [2.05, 4.69) is 25.8 Å². The molecule has 0 aromatic carbocycles. The van der Waals surface area contributed by atoms with E-state index < -0.39 is 0 Å². The number of halogens is 2. The molecule has 4 heteroatoms. The van der Waals surface area contributed by atoms with Crippen molar-refractivity contribution in [3.63, 3.8) is 0 Å². The molecular weight excluding hydrogens is 249 g/mol. The van der Waals surface area contributed by atoms with Gasteiger partial charge in [-0.05, 0) is 17.5 Å². The zero-order chi connectivity index (χ0) is 11.4. The minimum atomic E-state index is 0.450. The highest BCUT2D eigenvalue weighted by Gasteiger charge is 2.09. The minimum Gasteiger partial charge on any atom is -0.224 e. The molecule has 1 unspecified atom stereocenters. The molecule has 0 N–H and O–H groups in total. The van der Waals surface area contributed by atoms with E-state index in [9.17, 15) is 0 Å². The van der Waals surface area contributed by atoms with Crippen molar-refractivity contribution >= 4 is 35.0 Å². The van der Waals surface area contributed by atoms with Crippen LogP contribution in [0.2, 0.25) is 10.3 Å². The number of aromatic nitrogens is 1. The Labute approximate surface area is 106 Å². The van der Waals surface area contributed by atoms with Crippen molar-refractivity contribution < 1.29 is 0 Å².